The molecular formula is C20H26N4O. The average Bonchev–Trinajstić information content (AvgIpc) is 2.87. The Morgan fingerprint density at radius 2 is 1.72 bits per heavy atom. The summed E-state index contributed by atoms with van der Waals surface area (Å²) in [5, 5.41) is 0. The van der Waals surface area contributed by atoms with Gasteiger partial charge in [0, 0.05) is 37.9 Å². The Balaban J connectivity index is 1.80. The fourth-order valence-electron chi connectivity index (χ4n) is 3.41. The fourth-order valence-corrected chi connectivity index (χ4v) is 3.41. The minimum atomic E-state index is -0.0316. The molecule has 0 aliphatic carbocycles. The number of carbonyl (C=O) groups excluding carboxylic acids is 1. The highest BCUT2D eigenvalue weighted by atomic mass is 16.2. The summed E-state index contributed by atoms with van der Waals surface area (Å²) in [5.41, 5.74) is 2.10. The SMILES string of the molecule is CN1CCCCC[C@H]1C(=O)N(Cc1cccnc1)Cc1cccnc1. The lowest BCUT2D eigenvalue weighted by Crippen LogP contribution is -2.46. The molecule has 1 fully saturated rings. The number of amides is 1. The van der Waals surface area contributed by atoms with Crippen LogP contribution in [0.3, 0.4) is 0 Å². The highest BCUT2D eigenvalue weighted by Gasteiger charge is 2.29. The van der Waals surface area contributed by atoms with Gasteiger partial charge in [0.1, 0.15) is 0 Å². The van der Waals surface area contributed by atoms with Crippen molar-refractivity contribution >= 4 is 5.91 Å². The van der Waals surface area contributed by atoms with Crippen LogP contribution in [-0.4, -0.2) is 45.3 Å². The number of rotatable bonds is 5. The van der Waals surface area contributed by atoms with Gasteiger partial charge in [0.2, 0.25) is 5.91 Å². The van der Waals surface area contributed by atoms with E-state index < -0.39 is 0 Å². The molecule has 0 N–H and O–H groups in total. The van der Waals surface area contributed by atoms with Gasteiger partial charge in [0.15, 0.2) is 0 Å². The minimum Gasteiger partial charge on any atom is -0.333 e. The number of carbonyl (C=O) groups is 1. The smallest absolute Gasteiger partial charge is 0.240 e. The van der Waals surface area contributed by atoms with Gasteiger partial charge >= 0.3 is 0 Å². The van der Waals surface area contributed by atoms with Gasteiger partial charge in [-0.15, -0.1) is 0 Å². The molecule has 1 atom stereocenters. The van der Waals surface area contributed by atoms with Crippen molar-refractivity contribution in [3.8, 4) is 0 Å². The monoisotopic (exact) mass is 338 g/mol. The van der Waals surface area contributed by atoms with E-state index in [1.165, 1.54) is 12.8 Å². The molecule has 0 radical (unpaired) electrons. The Morgan fingerprint density at radius 1 is 1.08 bits per heavy atom. The Bertz CT molecular complexity index is 620. The molecular weight excluding hydrogens is 312 g/mol. The molecule has 3 rings (SSSR count). The Morgan fingerprint density at radius 3 is 2.28 bits per heavy atom. The zero-order chi connectivity index (χ0) is 17.5. The highest BCUT2D eigenvalue weighted by molar-refractivity contribution is 5.82. The topological polar surface area (TPSA) is 49.3 Å². The van der Waals surface area contributed by atoms with Crippen molar-refractivity contribution in [1.29, 1.82) is 0 Å². The van der Waals surface area contributed by atoms with Crippen LogP contribution in [0.1, 0.15) is 36.8 Å². The maximum absolute atomic E-state index is 13.3. The summed E-state index contributed by atoms with van der Waals surface area (Å²) in [6, 6.07) is 7.84. The molecule has 1 aliphatic heterocycles. The molecule has 3 heterocycles. The number of aromatic nitrogens is 2. The van der Waals surface area contributed by atoms with E-state index in [9.17, 15) is 4.79 Å². The molecule has 0 unspecified atom stereocenters. The van der Waals surface area contributed by atoms with Gasteiger partial charge in [-0.05, 0) is 49.7 Å². The van der Waals surface area contributed by atoms with E-state index in [-0.39, 0.29) is 11.9 Å². The van der Waals surface area contributed by atoms with Crippen molar-refractivity contribution in [3.05, 3.63) is 60.2 Å². The largest absolute Gasteiger partial charge is 0.333 e. The van der Waals surface area contributed by atoms with E-state index >= 15 is 0 Å². The number of nitrogens with zero attached hydrogens (tertiary/aromatic N) is 4. The van der Waals surface area contributed by atoms with Crippen molar-refractivity contribution in [2.75, 3.05) is 13.6 Å². The standard InChI is InChI=1S/C20H26N4O/c1-23-12-4-2-3-9-19(23)20(25)24(15-17-7-5-10-21-13-17)16-18-8-6-11-22-14-18/h5-8,10-11,13-14,19H,2-4,9,12,15-16H2,1H3/t19-/m0/s1. The summed E-state index contributed by atoms with van der Waals surface area (Å²) in [7, 11) is 2.07. The van der Waals surface area contributed by atoms with Gasteiger partial charge in [-0.3, -0.25) is 19.7 Å². The zero-order valence-corrected chi connectivity index (χ0v) is 14.8. The number of pyridine rings is 2. The molecule has 0 bridgehead atoms. The van der Waals surface area contributed by atoms with Crippen LogP contribution < -0.4 is 0 Å². The number of hydrogen-bond donors (Lipinski definition) is 0. The van der Waals surface area contributed by atoms with Crippen molar-refractivity contribution in [1.82, 2.24) is 19.8 Å². The van der Waals surface area contributed by atoms with Crippen molar-refractivity contribution in [3.63, 3.8) is 0 Å². The van der Waals surface area contributed by atoms with Crippen LogP contribution in [0.4, 0.5) is 0 Å². The van der Waals surface area contributed by atoms with Crippen LogP contribution in [0.15, 0.2) is 49.1 Å². The number of likely N-dealkylation sites (tertiary alicyclic amines) is 1. The van der Waals surface area contributed by atoms with Crippen LogP contribution in [0.5, 0.6) is 0 Å². The quantitative estimate of drug-likeness (QED) is 0.841. The molecule has 132 valence electrons. The Kier molecular flexibility index (Phi) is 6.12. The van der Waals surface area contributed by atoms with E-state index in [2.05, 4.69) is 21.9 Å². The first-order valence-electron chi connectivity index (χ1n) is 9.01. The number of likely N-dealkylation sites (N-methyl/N-ethyl adjacent to an activating group) is 1. The molecule has 2 aromatic rings. The normalized spacial score (nSPS) is 18.5. The second kappa shape index (κ2) is 8.72. The maximum Gasteiger partial charge on any atom is 0.240 e. The van der Waals surface area contributed by atoms with E-state index in [1.54, 1.807) is 12.4 Å². The van der Waals surface area contributed by atoms with E-state index in [1.807, 2.05) is 41.6 Å². The molecule has 5 heteroatoms. The van der Waals surface area contributed by atoms with Crippen LogP contribution >= 0.6 is 0 Å². The molecule has 1 amide bonds. The lowest BCUT2D eigenvalue weighted by atomic mass is 10.1. The molecule has 1 saturated heterocycles. The Hall–Kier alpha value is -2.27. The van der Waals surface area contributed by atoms with Crippen molar-refractivity contribution in [2.45, 2.75) is 44.8 Å². The molecule has 5 nitrogen and oxygen atoms in total. The summed E-state index contributed by atoms with van der Waals surface area (Å²) < 4.78 is 0. The summed E-state index contributed by atoms with van der Waals surface area (Å²) in [4.78, 5) is 25.8. The van der Waals surface area contributed by atoms with Gasteiger partial charge in [0.25, 0.3) is 0 Å². The summed E-state index contributed by atoms with van der Waals surface area (Å²) in [6.07, 6.45) is 11.6. The van der Waals surface area contributed by atoms with Crippen LogP contribution in [0.2, 0.25) is 0 Å². The minimum absolute atomic E-state index is 0.0316. The third-order valence-electron chi connectivity index (χ3n) is 4.81. The first-order valence-corrected chi connectivity index (χ1v) is 9.01. The molecule has 0 aromatic carbocycles. The lowest BCUT2D eigenvalue weighted by Gasteiger charge is -2.31. The first kappa shape index (κ1) is 17.5. The molecule has 25 heavy (non-hydrogen) atoms. The average molecular weight is 338 g/mol. The van der Waals surface area contributed by atoms with E-state index in [4.69, 9.17) is 0 Å². The molecule has 0 spiro atoms. The Labute approximate surface area is 149 Å². The summed E-state index contributed by atoms with van der Waals surface area (Å²) in [5.74, 6) is 0.206. The summed E-state index contributed by atoms with van der Waals surface area (Å²) in [6.45, 7) is 2.14. The van der Waals surface area contributed by atoms with Gasteiger partial charge < -0.3 is 4.90 Å². The van der Waals surface area contributed by atoms with E-state index in [0.717, 1.165) is 30.5 Å². The second-order valence-electron chi connectivity index (χ2n) is 6.76. The van der Waals surface area contributed by atoms with Crippen LogP contribution in [-0.2, 0) is 17.9 Å². The second-order valence-corrected chi connectivity index (χ2v) is 6.76. The first-order chi connectivity index (χ1) is 12.2. The van der Waals surface area contributed by atoms with E-state index in [0.29, 0.717) is 13.1 Å². The molecule has 2 aromatic heterocycles. The van der Waals surface area contributed by atoms with Crippen molar-refractivity contribution < 1.29 is 4.79 Å². The van der Waals surface area contributed by atoms with Crippen molar-refractivity contribution in [2.24, 2.45) is 0 Å². The fraction of sp³-hybridized carbons (Fsp3) is 0.450. The van der Waals surface area contributed by atoms with Gasteiger partial charge in [-0.1, -0.05) is 25.0 Å². The third kappa shape index (κ3) is 4.86. The third-order valence-corrected chi connectivity index (χ3v) is 4.81. The van der Waals surface area contributed by atoms with Gasteiger partial charge in [0.05, 0.1) is 6.04 Å². The van der Waals surface area contributed by atoms with Crippen LogP contribution in [0.25, 0.3) is 0 Å². The summed E-state index contributed by atoms with van der Waals surface area (Å²) >= 11 is 0. The molecule has 0 saturated carbocycles. The van der Waals surface area contributed by atoms with Gasteiger partial charge in [-0.2, -0.15) is 0 Å². The highest BCUT2D eigenvalue weighted by Crippen LogP contribution is 2.19. The predicted molar refractivity (Wildman–Crippen MR) is 97.6 cm³/mol. The molecule has 1 aliphatic rings. The van der Waals surface area contributed by atoms with Gasteiger partial charge in [-0.25, -0.2) is 0 Å². The predicted octanol–water partition coefficient (Wildman–Crippen LogP) is 2.88. The number of hydrogen-bond acceptors (Lipinski definition) is 4. The van der Waals surface area contributed by atoms with Crippen LogP contribution in [0, 0.1) is 0 Å². The lowest BCUT2D eigenvalue weighted by molar-refractivity contribution is -0.138. The maximum atomic E-state index is 13.3. The zero-order valence-electron chi connectivity index (χ0n) is 14.8.